The minimum absolute atomic E-state index is 0.00868. The van der Waals surface area contributed by atoms with Crippen molar-refractivity contribution in [1.29, 1.82) is 0 Å². The first-order valence-corrected chi connectivity index (χ1v) is 23.1. The van der Waals surface area contributed by atoms with Crippen LogP contribution < -0.4 is 21.2 Å². The Kier molecular flexibility index (Phi) is 13.3. The van der Waals surface area contributed by atoms with Gasteiger partial charge in [-0.3, -0.25) is 38.5 Å². The molecule has 1 atom stereocenters. The molecule has 1 aromatic carbocycles. The summed E-state index contributed by atoms with van der Waals surface area (Å²) in [5, 5.41) is 9.22. The standard InChI is InChI=1S/C47H58F2N10O6/c1-55(21-22-64-27-31-16-19-57(20-17-31)35-11-12-38-40(24-35)56(2)47(63)59(38)39-13-14-41(60)53-45(39)62)25-30-6-9-34(10-7-30)58-26-36(42(54-58)43(48)49)51-44(61)37-28-65-46(52-37)32-15-18-50-33(23-32)8-5-29-3-4-29/h11-12,15,18,23-24,26,28-31,34,39,43H,3-10,13-14,16-17,19-22,25,27H2,1-2H3,(H,51,61)(H,53,60,62). The number of halogens is 2. The van der Waals surface area contributed by atoms with E-state index in [1.807, 2.05) is 24.3 Å². The summed E-state index contributed by atoms with van der Waals surface area (Å²) in [4.78, 5) is 64.1. The van der Waals surface area contributed by atoms with E-state index in [1.165, 1.54) is 29.9 Å². The number of carbonyl (C=O) groups is 3. The molecule has 0 radical (unpaired) electrons. The van der Waals surface area contributed by atoms with E-state index < -0.39 is 30.0 Å². The lowest BCUT2D eigenvalue weighted by Gasteiger charge is -2.34. The molecule has 0 bridgehead atoms. The molecular formula is C47H58F2N10O6. The first kappa shape index (κ1) is 44.5. The number of rotatable bonds is 17. The number of fused-ring (bicyclic) bond motifs is 1. The molecule has 4 fully saturated rings. The van der Waals surface area contributed by atoms with Gasteiger partial charge >= 0.3 is 5.69 Å². The quantitative estimate of drug-likeness (QED) is 0.0752. The number of anilines is 2. The number of nitrogens with one attached hydrogen (secondary N) is 2. The van der Waals surface area contributed by atoms with Gasteiger partial charge in [0.15, 0.2) is 11.4 Å². The minimum Gasteiger partial charge on any atom is -0.444 e. The summed E-state index contributed by atoms with van der Waals surface area (Å²) in [6.07, 6.45) is 12.1. The van der Waals surface area contributed by atoms with Gasteiger partial charge in [-0.1, -0.05) is 12.8 Å². The predicted octanol–water partition coefficient (Wildman–Crippen LogP) is 6.69. The molecule has 5 aromatic rings. The van der Waals surface area contributed by atoms with Crippen LogP contribution in [-0.2, 0) is 27.8 Å². The summed E-state index contributed by atoms with van der Waals surface area (Å²) >= 11 is 0. The second-order valence-corrected chi connectivity index (χ2v) is 18.5. The number of imidazole rings is 1. The van der Waals surface area contributed by atoms with Gasteiger partial charge in [0.1, 0.15) is 12.3 Å². The number of imide groups is 1. The topological polar surface area (TPSA) is 175 Å². The zero-order chi connectivity index (χ0) is 45.2. The number of aromatic nitrogens is 6. The van der Waals surface area contributed by atoms with Crippen molar-refractivity contribution in [3.05, 3.63) is 76.6 Å². The van der Waals surface area contributed by atoms with E-state index in [2.05, 4.69) is 42.5 Å². The van der Waals surface area contributed by atoms with Crippen LogP contribution in [0.3, 0.4) is 0 Å². The summed E-state index contributed by atoms with van der Waals surface area (Å²) in [6.45, 7) is 4.82. The number of alkyl halides is 2. The Morgan fingerprint density at radius 2 is 1.77 bits per heavy atom. The molecule has 2 saturated carbocycles. The van der Waals surface area contributed by atoms with E-state index >= 15 is 0 Å². The highest BCUT2D eigenvalue weighted by Crippen LogP contribution is 2.36. The molecule has 4 aliphatic rings. The van der Waals surface area contributed by atoms with Gasteiger partial charge in [-0.15, -0.1) is 0 Å². The van der Waals surface area contributed by atoms with Gasteiger partial charge in [-0.05, 0) is 113 Å². The molecule has 2 N–H and O–H groups in total. The number of likely N-dealkylation sites (N-methyl/N-ethyl adjacent to an activating group) is 1. The Morgan fingerprint density at radius 3 is 2.52 bits per heavy atom. The van der Waals surface area contributed by atoms with E-state index in [4.69, 9.17) is 9.15 Å². The highest BCUT2D eigenvalue weighted by molar-refractivity contribution is 6.03. The highest BCUT2D eigenvalue weighted by Gasteiger charge is 2.32. The van der Waals surface area contributed by atoms with Crippen LogP contribution in [0.1, 0.15) is 111 Å². The zero-order valence-corrected chi connectivity index (χ0v) is 37.1. The molecule has 65 heavy (non-hydrogen) atoms. The van der Waals surface area contributed by atoms with Crippen molar-refractivity contribution in [3.8, 4) is 11.5 Å². The summed E-state index contributed by atoms with van der Waals surface area (Å²) in [5.74, 6) is 0.584. The minimum atomic E-state index is -2.86. The molecule has 0 spiro atoms. The van der Waals surface area contributed by atoms with Crippen molar-refractivity contribution in [2.45, 2.75) is 95.6 Å². The molecule has 4 aromatic heterocycles. The van der Waals surface area contributed by atoms with Gasteiger partial charge < -0.3 is 24.3 Å². The van der Waals surface area contributed by atoms with E-state index in [0.717, 1.165) is 100 Å². The number of aryl methyl sites for hydroxylation is 2. The number of nitrogens with zero attached hydrogens (tertiary/aromatic N) is 8. The lowest BCUT2D eigenvalue weighted by Crippen LogP contribution is -2.44. The molecule has 2 aliphatic carbocycles. The maximum atomic E-state index is 14.2. The fraction of sp³-hybridized carbons (Fsp3) is 0.553. The average Bonchev–Trinajstić information content (AvgIpc) is 3.72. The highest BCUT2D eigenvalue weighted by atomic mass is 19.3. The molecule has 6 heterocycles. The van der Waals surface area contributed by atoms with Crippen LogP contribution in [0.2, 0.25) is 0 Å². The van der Waals surface area contributed by atoms with Gasteiger partial charge in [-0.2, -0.15) is 5.10 Å². The fourth-order valence-corrected chi connectivity index (χ4v) is 9.78. The number of amides is 3. The van der Waals surface area contributed by atoms with Gasteiger partial charge in [-0.25, -0.2) is 18.6 Å². The first-order chi connectivity index (χ1) is 31.5. The molecule has 346 valence electrons. The maximum absolute atomic E-state index is 14.2. The monoisotopic (exact) mass is 896 g/mol. The number of hydrogen-bond acceptors (Lipinski definition) is 11. The molecule has 9 rings (SSSR count). The van der Waals surface area contributed by atoms with Crippen LogP contribution in [0.5, 0.6) is 0 Å². The fourth-order valence-electron chi connectivity index (χ4n) is 9.78. The van der Waals surface area contributed by atoms with Gasteiger partial charge in [0.05, 0.1) is 29.4 Å². The second-order valence-electron chi connectivity index (χ2n) is 18.5. The molecule has 18 heteroatoms. The largest absolute Gasteiger partial charge is 0.444 e. The predicted molar refractivity (Wildman–Crippen MR) is 239 cm³/mol. The van der Waals surface area contributed by atoms with Gasteiger partial charge in [0.2, 0.25) is 17.7 Å². The van der Waals surface area contributed by atoms with Crippen molar-refractivity contribution in [2.75, 3.05) is 56.7 Å². The lowest BCUT2D eigenvalue weighted by molar-refractivity contribution is -0.135. The molecule has 2 saturated heterocycles. The number of oxazole rings is 1. The van der Waals surface area contributed by atoms with Crippen molar-refractivity contribution in [1.82, 2.24) is 39.1 Å². The third-order valence-corrected chi connectivity index (χ3v) is 13.8. The van der Waals surface area contributed by atoms with Gasteiger partial charge in [0.25, 0.3) is 12.3 Å². The SMILES string of the molecule is CN(CCOCC1CCN(c2ccc3c(c2)n(C)c(=O)n3C2CCC(=O)NC2=O)CC1)CC1CCC(n2cc(NC(=O)c3coc(-c4ccnc(CCC5CC5)c4)n3)c(C(F)F)n2)CC1. The average molecular weight is 897 g/mol. The Balaban J connectivity index is 0.692. The van der Waals surface area contributed by atoms with Crippen LogP contribution in [0.25, 0.3) is 22.5 Å². The Morgan fingerprint density at radius 1 is 0.985 bits per heavy atom. The Bertz CT molecular complexity index is 2560. The van der Waals surface area contributed by atoms with Crippen molar-refractivity contribution >= 4 is 40.1 Å². The third kappa shape index (κ3) is 10.2. The smallest absolute Gasteiger partial charge is 0.329 e. The molecule has 2 aliphatic heterocycles. The summed E-state index contributed by atoms with van der Waals surface area (Å²) in [6, 6.07) is 8.86. The van der Waals surface area contributed by atoms with Crippen LogP contribution in [-0.4, -0.2) is 97.9 Å². The van der Waals surface area contributed by atoms with Crippen molar-refractivity contribution in [3.63, 3.8) is 0 Å². The first-order valence-electron chi connectivity index (χ1n) is 23.1. The zero-order valence-electron chi connectivity index (χ0n) is 37.1. The van der Waals surface area contributed by atoms with Crippen LogP contribution in [0, 0.1) is 17.8 Å². The van der Waals surface area contributed by atoms with E-state index in [-0.39, 0.29) is 41.3 Å². The second kappa shape index (κ2) is 19.4. The summed E-state index contributed by atoms with van der Waals surface area (Å²) in [7, 11) is 3.82. The Hall–Kier alpha value is -5.75. The van der Waals surface area contributed by atoms with Crippen LogP contribution in [0.4, 0.5) is 20.2 Å². The normalized spacial score (nSPS) is 20.9. The number of pyridine rings is 1. The molecule has 3 amide bonds. The molecule has 16 nitrogen and oxygen atoms in total. The molecule has 1 unspecified atom stereocenters. The van der Waals surface area contributed by atoms with E-state index in [0.29, 0.717) is 42.6 Å². The number of piperidine rings is 2. The van der Waals surface area contributed by atoms with Crippen molar-refractivity contribution < 1.29 is 32.3 Å². The van der Waals surface area contributed by atoms with E-state index in [9.17, 15) is 28.0 Å². The third-order valence-electron chi connectivity index (χ3n) is 13.8. The van der Waals surface area contributed by atoms with Crippen LogP contribution in [0.15, 0.2) is 58.2 Å². The number of benzene rings is 1. The Labute approximate surface area is 375 Å². The van der Waals surface area contributed by atoms with Crippen LogP contribution >= 0.6 is 0 Å². The summed E-state index contributed by atoms with van der Waals surface area (Å²) in [5.41, 5.74) is 3.35. The maximum Gasteiger partial charge on any atom is 0.329 e. The summed E-state index contributed by atoms with van der Waals surface area (Å²) < 4.78 is 44.8. The number of ether oxygens (including phenoxy) is 1. The lowest BCUT2D eigenvalue weighted by atomic mass is 9.86. The number of hydrogen-bond donors (Lipinski definition) is 2. The van der Waals surface area contributed by atoms with Crippen molar-refractivity contribution in [2.24, 2.45) is 24.8 Å². The van der Waals surface area contributed by atoms with Gasteiger partial charge in [0, 0.05) is 75.6 Å². The van der Waals surface area contributed by atoms with E-state index in [1.54, 1.807) is 28.6 Å². The molecular weight excluding hydrogens is 839 g/mol. The number of carbonyl (C=O) groups excluding carboxylic acids is 3.